The Hall–Kier alpha value is -1.54. The number of amides is 1. The predicted octanol–water partition coefficient (Wildman–Crippen LogP) is 3.53. The van der Waals surface area contributed by atoms with E-state index in [-0.39, 0.29) is 17.1 Å². The van der Waals surface area contributed by atoms with Gasteiger partial charge in [0.1, 0.15) is 16.8 Å². The molecule has 0 saturated heterocycles. The highest BCUT2D eigenvalue weighted by Crippen LogP contribution is 2.30. The first-order chi connectivity index (χ1) is 10.8. The average molecular weight is 378 g/mol. The van der Waals surface area contributed by atoms with Crippen LogP contribution in [0.2, 0.25) is 5.15 Å². The van der Waals surface area contributed by atoms with Crippen molar-refractivity contribution in [3.05, 3.63) is 10.0 Å². The normalized spacial score (nSPS) is 13.3. The summed E-state index contributed by atoms with van der Waals surface area (Å²) in [5.41, 5.74) is -0.904. The third-order valence-electron chi connectivity index (χ3n) is 2.51. The van der Waals surface area contributed by atoms with E-state index < -0.39 is 23.7 Å². The van der Waals surface area contributed by atoms with Gasteiger partial charge in [-0.2, -0.15) is 0 Å². The van der Waals surface area contributed by atoms with Crippen LogP contribution in [0.4, 0.5) is 9.93 Å². The van der Waals surface area contributed by atoms with Gasteiger partial charge in [0.2, 0.25) is 0 Å². The Kier molecular flexibility index (Phi) is 6.46. The number of ether oxygens (including phenoxy) is 1. The van der Waals surface area contributed by atoms with E-state index in [1.54, 1.807) is 20.8 Å². The van der Waals surface area contributed by atoms with Gasteiger partial charge in [0.15, 0.2) is 5.13 Å². The van der Waals surface area contributed by atoms with Crippen molar-refractivity contribution in [3.8, 4) is 0 Å². The fourth-order valence-corrected chi connectivity index (χ4v) is 3.10. The molecular weight excluding hydrogens is 354 g/mol. The van der Waals surface area contributed by atoms with E-state index in [4.69, 9.17) is 16.3 Å². The summed E-state index contributed by atoms with van der Waals surface area (Å²) in [7, 11) is 0. The summed E-state index contributed by atoms with van der Waals surface area (Å²) < 4.78 is 5.09. The Morgan fingerprint density at radius 3 is 2.33 bits per heavy atom. The van der Waals surface area contributed by atoms with Crippen LogP contribution in [0.1, 0.15) is 46.4 Å². The van der Waals surface area contributed by atoms with Crippen molar-refractivity contribution >= 4 is 40.1 Å². The summed E-state index contributed by atoms with van der Waals surface area (Å²) in [6.45, 7) is 11.0. The van der Waals surface area contributed by atoms with E-state index in [9.17, 15) is 14.7 Å². The number of carbonyl (C=O) groups is 2. The molecule has 1 aromatic heterocycles. The molecule has 0 aromatic carbocycles. The molecule has 7 nitrogen and oxygen atoms in total. The maximum atomic E-state index is 11.8. The standard InChI is InChI=1S/C15H24ClN3O4S/c1-14(2,3)19-12-18-10(16)9(24-12)7-8(11(20)21)17-13(22)23-15(4,5)6/h8H,7H2,1-6H3,(H,17,22)(H,18,19)(H,20,21). The molecule has 1 aromatic rings. The number of anilines is 1. The number of carbonyl (C=O) groups excluding carboxylic acids is 1. The molecule has 1 rings (SSSR count). The number of aromatic nitrogens is 1. The molecule has 1 atom stereocenters. The molecule has 0 saturated carbocycles. The van der Waals surface area contributed by atoms with Crippen LogP contribution in [0.25, 0.3) is 0 Å². The molecule has 24 heavy (non-hydrogen) atoms. The van der Waals surface area contributed by atoms with Gasteiger partial charge in [0.25, 0.3) is 0 Å². The number of hydrogen-bond donors (Lipinski definition) is 3. The summed E-state index contributed by atoms with van der Waals surface area (Å²) in [6, 6.07) is -1.15. The van der Waals surface area contributed by atoms with Gasteiger partial charge < -0.3 is 20.5 Å². The minimum atomic E-state index is -1.17. The van der Waals surface area contributed by atoms with Crippen LogP contribution in [-0.4, -0.2) is 39.3 Å². The summed E-state index contributed by atoms with van der Waals surface area (Å²) in [6.07, 6.45) is -0.764. The van der Waals surface area contributed by atoms with E-state index in [0.717, 1.165) is 0 Å². The van der Waals surface area contributed by atoms with E-state index in [1.807, 2.05) is 20.8 Å². The van der Waals surface area contributed by atoms with Crippen LogP contribution < -0.4 is 10.6 Å². The highest BCUT2D eigenvalue weighted by atomic mass is 35.5. The fraction of sp³-hybridized carbons (Fsp3) is 0.667. The SMILES string of the molecule is CC(C)(C)Nc1nc(Cl)c(CC(NC(=O)OC(C)(C)C)C(=O)O)s1. The number of rotatable bonds is 5. The predicted molar refractivity (Wildman–Crippen MR) is 95.0 cm³/mol. The van der Waals surface area contributed by atoms with Crippen molar-refractivity contribution in [3.63, 3.8) is 0 Å². The molecular formula is C15H24ClN3O4S. The first-order valence-corrected chi connectivity index (χ1v) is 8.62. The third-order valence-corrected chi connectivity index (χ3v) is 3.93. The van der Waals surface area contributed by atoms with Crippen molar-refractivity contribution in [1.82, 2.24) is 10.3 Å². The van der Waals surface area contributed by atoms with E-state index >= 15 is 0 Å². The quantitative estimate of drug-likeness (QED) is 0.725. The van der Waals surface area contributed by atoms with Crippen LogP contribution in [0.3, 0.4) is 0 Å². The number of carboxylic acid groups (broad SMARTS) is 1. The number of nitrogens with one attached hydrogen (secondary N) is 2. The summed E-state index contributed by atoms with van der Waals surface area (Å²) in [4.78, 5) is 28.0. The zero-order valence-corrected chi connectivity index (χ0v) is 16.3. The molecule has 0 bridgehead atoms. The Labute approximate surface area is 150 Å². The number of thiazole rings is 1. The van der Waals surface area contributed by atoms with Crippen molar-refractivity contribution in [2.45, 2.75) is 65.1 Å². The van der Waals surface area contributed by atoms with Crippen molar-refractivity contribution in [2.75, 3.05) is 5.32 Å². The van der Waals surface area contributed by atoms with Gasteiger partial charge in [-0.15, -0.1) is 11.3 Å². The lowest BCUT2D eigenvalue weighted by Crippen LogP contribution is -2.44. The topological polar surface area (TPSA) is 101 Å². The highest BCUT2D eigenvalue weighted by Gasteiger charge is 2.26. The van der Waals surface area contributed by atoms with Gasteiger partial charge in [0, 0.05) is 16.8 Å². The monoisotopic (exact) mass is 377 g/mol. The number of carboxylic acids is 1. The first-order valence-electron chi connectivity index (χ1n) is 7.42. The first kappa shape index (κ1) is 20.5. The van der Waals surface area contributed by atoms with E-state index in [1.165, 1.54) is 11.3 Å². The second-order valence-corrected chi connectivity index (χ2v) is 8.79. The minimum Gasteiger partial charge on any atom is -0.480 e. The lowest BCUT2D eigenvalue weighted by molar-refractivity contribution is -0.139. The summed E-state index contributed by atoms with van der Waals surface area (Å²) in [5, 5.41) is 15.7. The molecule has 136 valence electrons. The van der Waals surface area contributed by atoms with Gasteiger partial charge in [0.05, 0.1) is 0 Å². The van der Waals surface area contributed by atoms with Gasteiger partial charge in [-0.3, -0.25) is 0 Å². The second kappa shape index (κ2) is 7.57. The zero-order valence-electron chi connectivity index (χ0n) is 14.7. The number of hydrogen-bond acceptors (Lipinski definition) is 6. The molecule has 1 heterocycles. The van der Waals surface area contributed by atoms with E-state index in [2.05, 4.69) is 15.6 Å². The van der Waals surface area contributed by atoms with Gasteiger partial charge >= 0.3 is 12.1 Å². The minimum absolute atomic E-state index is 0.0247. The molecule has 0 fully saturated rings. The van der Waals surface area contributed by atoms with Crippen molar-refractivity contribution in [1.29, 1.82) is 0 Å². The maximum Gasteiger partial charge on any atom is 0.408 e. The molecule has 1 amide bonds. The van der Waals surface area contributed by atoms with Crippen LogP contribution in [0.15, 0.2) is 0 Å². The van der Waals surface area contributed by atoms with Gasteiger partial charge in [-0.1, -0.05) is 11.6 Å². The third kappa shape index (κ3) is 7.35. The molecule has 3 N–H and O–H groups in total. The number of alkyl carbamates (subject to hydrolysis) is 1. The smallest absolute Gasteiger partial charge is 0.408 e. The van der Waals surface area contributed by atoms with Crippen LogP contribution in [-0.2, 0) is 16.0 Å². The lowest BCUT2D eigenvalue weighted by Gasteiger charge is -2.21. The van der Waals surface area contributed by atoms with Crippen molar-refractivity contribution in [2.24, 2.45) is 0 Å². The number of halogens is 1. The maximum absolute atomic E-state index is 11.8. The second-order valence-electron chi connectivity index (χ2n) is 7.35. The molecule has 0 aliphatic heterocycles. The Balaban J connectivity index is 2.82. The fourth-order valence-electron chi connectivity index (χ4n) is 1.67. The average Bonchev–Trinajstić information content (AvgIpc) is 2.63. The van der Waals surface area contributed by atoms with Crippen LogP contribution in [0, 0.1) is 0 Å². The molecule has 1 unspecified atom stereocenters. The number of nitrogens with zero attached hydrogens (tertiary/aromatic N) is 1. The molecule has 9 heteroatoms. The van der Waals surface area contributed by atoms with Gasteiger partial charge in [-0.25, -0.2) is 14.6 Å². The van der Waals surface area contributed by atoms with Crippen LogP contribution >= 0.6 is 22.9 Å². The zero-order chi connectivity index (χ0) is 18.7. The number of aliphatic carboxylic acids is 1. The molecule has 0 aliphatic rings. The molecule has 0 radical (unpaired) electrons. The molecule has 0 spiro atoms. The molecule has 0 aliphatic carbocycles. The van der Waals surface area contributed by atoms with Crippen molar-refractivity contribution < 1.29 is 19.4 Å². The van der Waals surface area contributed by atoms with Gasteiger partial charge in [-0.05, 0) is 41.5 Å². The largest absolute Gasteiger partial charge is 0.480 e. The summed E-state index contributed by atoms with van der Waals surface area (Å²) in [5.74, 6) is -1.17. The Morgan fingerprint density at radius 2 is 1.88 bits per heavy atom. The summed E-state index contributed by atoms with van der Waals surface area (Å²) >= 11 is 7.35. The van der Waals surface area contributed by atoms with Crippen LogP contribution in [0.5, 0.6) is 0 Å². The lowest BCUT2D eigenvalue weighted by atomic mass is 10.1. The Morgan fingerprint density at radius 1 is 1.29 bits per heavy atom. The van der Waals surface area contributed by atoms with E-state index in [0.29, 0.717) is 10.0 Å². The Bertz CT molecular complexity index is 605. The highest BCUT2D eigenvalue weighted by molar-refractivity contribution is 7.16.